The van der Waals surface area contributed by atoms with E-state index >= 15 is 0 Å². The van der Waals surface area contributed by atoms with Crippen molar-refractivity contribution in [1.29, 1.82) is 0 Å². The molecule has 1 aromatic rings. The number of likely N-dealkylation sites (tertiary alicyclic amines) is 1. The fraction of sp³-hybridized carbons (Fsp3) is 0.500. The lowest BCUT2D eigenvalue weighted by Crippen LogP contribution is -2.46. The van der Waals surface area contributed by atoms with Gasteiger partial charge in [0.15, 0.2) is 0 Å². The van der Waals surface area contributed by atoms with Crippen LogP contribution in [0.25, 0.3) is 0 Å². The van der Waals surface area contributed by atoms with Crippen LogP contribution in [0.3, 0.4) is 0 Å². The van der Waals surface area contributed by atoms with E-state index in [4.69, 9.17) is 5.73 Å². The summed E-state index contributed by atoms with van der Waals surface area (Å²) in [6, 6.07) is 8.83. The molecule has 3 N–H and O–H groups in total. The second-order valence-electron chi connectivity index (χ2n) is 5.62. The molecule has 21 heavy (non-hydrogen) atoms. The molecule has 1 fully saturated rings. The van der Waals surface area contributed by atoms with Gasteiger partial charge in [0, 0.05) is 26.6 Å². The second-order valence-corrected chi connectivity index (χ2v) is 5.62. The zero-order chi connectivity index (χ0) is 15.2. The van der Waals surface area contributed by atoms with Gasteiger partial charge in [-0.15, -0.1) is 0 Å². The van der Waals surface area contributed by atoms with Crippen molar-refractivity contribution in [2.45, 2.75) is 25.8 Å². The van der Waals surface area contributed by atoms with Crippen LogP contribution in [-0.2, 0) is 9.59 Å². The summed E-state index contributed by atoms with van der Waals surface area (Å²) in [4.78, 5) is 25.3. The summed E-state index contributed by atoms with van der Waals surface area (Å²) < 4.78 is 0. The van der Waals surface area contributed by atoms with Crippen LogP contribution in [0.2, 0.25) is 0 Å². The van der Waals surface area contributed by atoms with Gasteiger partial charge in [0.1, 0.15) is 6.04 Å². The van der Waals surface area contributed by atoms with Crippen molar-refractivity contribution in [2.75, 3.05) is 19.6 Å². The molecule has 0 spiro atoms. The minimum atomic E-state index is -0.606. The maximum Gasteiger partial charge on any atom is 0.244 e. The number of piperidine rings is 1. The standard InChI is InChI=1S/C16H23N3O2/c1-12(20)18-10-13-6-5-9-19(11-13)16(21)15(17)14-7-3-2-4-8-14/h2-4,7-8,13,15H,5-6,9-11,17H2,1H3,(H,18,20)/t13-,15-/m0/s1. The summed E-state index contributed by atoms with van der Waals surface area (Å²) in [6.45, 7) is 3.55. The number of nitrogens with two attached hydrogens (primary N) is 1. The number of nitrogens with one attached hydrogen (secondary N) is 1. The number of amides is 2. The Morgan fingerprint density at radius 1 is 1.38 bits per heavy atom. The molecule has 5 heteroatoms. The van der Waals surface area contributed by atoms with Crippen molar-refractivity contribution >= 4 is 11.8 Å². The summed E-state index contributed by atoms with van der Waals surface area (Å²) >= 11 is 0. The molecular weight excluding hydrogens is 266 g/mol. The van der Waals surface area contributed by atoms with Gasteiger partial charge >= 0.3 is 0 Å². The summed E-state index contributed by atoms with van der Waals surface area (Å²) in [5.41, 5.74) is 6.92. The highest BCUT2D eigenvalue weighted by Crippen LogP contribution is 2.20. The fourth-order valence-electron chi connectivity index (χ4n) is 2.72. The minimum absolute atomic E-state index is 0.0283. The summed E-state index contributed by atoms with van der Waals surface area (Å²) in [5, 5.41) is 2.83. The lowest BCUT2D eigenvalue weighted by Gasteiger charge is -2.34. The first-order chi connectivity index (χ1) is 10.1. The molecule has 114 valence electrons. The van der Waals surface area contributed by atoms with Crippen LogP contribution in [0, 0.1) is 5.92 Å². The van der Waals surface area contributed by atoms with Gasteiger partial charge in [-0.25, -0.2) is 0 Å². The summed E-state index contributed by atoms with van der Waals surface area (Å²) in [7, 11) is 0. The van der Waals surface area contributed by atoms with Crippen LogP contribution in [0.4, 0.5) is 0 Å². The van der Waals surface area contributed by atoms with E-state index in [9.17, 15) is 9.59 Å². The summed E-state index contributed by atoms with van der Waals surface area (Å²) in [6.07, 6.45) is 1.99. The molecule has 2 atom stereocenters. The summed E-state index contributed by atoms with van der Waals surface area (Å²) in [5.74, 6) is 0.253. The monoisotopic (exact) mass is 289 g/mol. The zero-order valence-electron chi connectivity index (χ0n) is 12.4. The normalized spacial score (nSPS) is 19.9. The van der Waals surface area contributed by atoms with Crippen molar-refractivity contribution < 1.29 is 9.59 Å². The van der Waals surface area contributed by atoms with Gasteiger partial charge in [-0.05, 0) is 24.3 Å². The Balaban J connectivity index is 1.94. The predicted molar refractivity (Wildman–Crippen MR) is 81.4 cm³/mol. The van der Waals surface area contributed by atoms with Crippen LogP contribution in [-0.4, -0.2) is 36.3 Å². The van der Waals surface area contributed by atoms with Crippen LogP contribution in [0.1, 0.15) is 31.4 Å². The Morgan fingerprint density at radius 2 is 2.10 bits per heavy atom. The van der Waals surface area contributed by atoms with Crippen molar-refractivity contribution in [2.24, 2.45) is 11.7 Å². The molecule has 1 saturated heterocycles. The molecule has 1 heterocycles. The number of nitrogens with zero attached hydrogens (tertiary/aromatic N) is 1. The number of hydrogen-bond donors (Lipinski definition) is 2. The minimum Gasteiger partial charge on any atom is -0.356 e. The lowest BCUT2D eigenvalue weighted by atomic mass is 9.96. The maximum absolute atomic E-state index is 12.5. The Bertz CT molecular complexity index is 490. The highest BCUT2D eigenvalue weighted by atomic mass is 16.2. The first-order valence-corrected chi connectivity index (χ1v) is 7.41. The highest BCUT2D eigenvalue weighted by molar-refractivity contribution is 5.83. The third-order valence-corrected chi connectivity index (χ3v) is 3.90. The van der Waals surface area contributed by atoms with Crippen molar-refractivity contribution in [1.82, 2.24) is 10.2 Å². The van der Waals surface area contributed by atoms with Crippen LogP contribution < -0.4 is 11.1 Å². The van der Waals surface area contributed by atoms with Gasteiger partial charge < -0.3 is 16.0 Å². The van der Waals surface area contributed by atoms with E-state index in [0.717, 1.165) is 24.9 Å². The van der Waals surface area contributed by atoms with E-state index in [1.807, 2.05) is 35.2 Å². The molecule has 5 nitrogen and oxygen atoms in total. The van der Waals surface area contributed by atoms with Gasteiger partial charge in [0.05, 0.1) is 0 Å². The third kappa shape index (κ3) is 4.29. The number of rotatable bonds is 4. The molecule has 2 rings (SSSR count). The van der Waals surface area contributed by atoms with E-state index in [2.05, 4.69) is 5.32 Å². The Kier molecular flexibility index (Phi) is 5.33. The van der Waals surface area contributed by atoms with Gasteiger partial charge in [-0.3, -0.25) is 9.59 Å². The van der Waals surface area contributed by atoms with E-state index in [0.29, 0.717) is 19.0 Å². The van der Waals surface area contributed by atoms with Gasteiger partial charge in [0.2, 0.25) is 11.8 Å². The van der Waals surface area contributed by atoms with E-state index in [-0.39, 0.29) is 11.8 Å². The van der Waals surface area contributed by atoms with Gasteiger partial charge in [-0.1, -0.05) is 30.3 Å². The number of carbonyl (C=O) groups is 2. The maximum atomic E-state index is 12.5. The second kappa shape index (κ2) is 7.22. The molecule has 0 aromatic heterocycles. The third-order valence-electron chi connectivity index (χ3n) is 3.90. The van der Waals surface area contributed by atoms with Crippen LogP contribution in [0.15, 0.2) is 30.3 Å². The lowest BCUT2D eigenvalue weighted by molar-refractivity contribution is -0.134. The van der Waals surface area contributed by atoms with E-state index < -0.39 is 6.04 Å². The van der Waals surface area contributed by atoms with Crippen LogP contribution >= 0.6 is 0 Å². The molecule has 1 aromatic carbocycles. The smallest absolute Gasteiger partial charge is 0.244 e. The molecule has 1 aliphatic heterocycles. The fourth-order valence-corrected chi connectivity index (χ4v) is 2.72. The van der Waals surface area contributed by atoms with Crippen molar-refractivity contribution in [3.63, 3.8) is 0 Å². The molecule has 0 bridgehead atoms. The Hall–Kier alpha value is -1.88. The average molecular weight is 289 g/mol. The van der Waals surface area contributed by atoms with Gasteiger partial charge in [-0.2, -0.15) is 0 Å². The molecule has 2 amide bonds. The first-order valence-electron chi connectivity index (χ1n) is 7.41. The molecule has 0 saturated carbocycles. The quantitative estimate of drug-likeness (QED) is 0.870. The highest BCUT2D eigenvalue weighted by Gasteiger charge is 2.27. The Labute approximate surface area is 125 Å². The average Bonchev–Trinajstić information content (AvgIpc) is 2.52. The van der Waals surface area contributed by atoms with Crippen molar-refractivity contribution in [3.05, 3.63) is 35.9 Å². The van der Waals surface area contributed by atoms with Gasteiger partial charge in [0.25, 0.3) is 0 Å². The number of benzene rings is 1. The molecule has 0 radical (unpaired) electrons. The zero-order valence-corrected chi connectivity index (χ0v) is 12.4. The van der Waals surface area contributed by atoms with Crippen molar-refractivity contribution in [3.8, 4) is 0 Å². The van der Waals surface area contributed by atoms with E-state index in [1.165, 1.54) is 6.92 Å². The molecule has 0 unspecified atom stereocenters. The predicted octanol–water partition coefficient (Wildman–Crippen LogP) is 1.06. The molecular formula is C16H23N3O2. The number of hydrogen-bond acceptors (Lipinski definition) is 3. The largest absolute Gasteiger partial charge is 0.356 e. The first kappa shape index (κ1) is 15.5. The molecule has 0 aliphatic carbocycles. The topological polar surface area (TPSA) is 75.4 Å². The molecule has 1 aliphatic rings. The Morgan fingerprint density at radius 3 is 2.76 bits per heavy atom. The SMILES string of the molecule is CC(=O)NC[C@@H]1CCCN(C(=O)[C@@H](N)c2ccccc2)C1. The van der Waals surface area contributed by atoms with E-state index in [1.54, 1.807) is 0 Å². The number of carbonyl (C=O) groups excluding carboxylic acids is 2. The van der Waals surface area contributed by atoms with Crippen LogP contribution in [0.5, 0.6) is 0 Å².